The van der Waals surface area contributed by atoms with Gasteiger partial charge >= 0.3 is 0 Å². The van der Waals surface area contributed by atoms with Crippen LogP contribution in [0.5, 0.6) is 0 Å². The number of aliphatic hydroxyl groups is 6. The van der Waals surface area contributed by atoms with Gasteiger partial charge in [-0.15, -0.1) is 0 Å². The summed E-state index contributed by atoms with van der Waals surface area (Å²) in [6.45, 7) is 6.72. The first kappa shape index (κ1) is 24.4. The fraction of sp³-hybridized carbons (Fsp3) is 0.810. The molecule has 29 heavy (non-hydrogen) atoms. The Morgan fingerprint density at radius 1 is 1.07 bits per heavy atom. The fourth-order valence-corrected chi connectivity index (χ4v) is 4.40. The van der Waals surface area contributed by atoms with Crippen molar-refractivity contribution in [2.24, 2.45) is 5.41 Å². The molecule has 1 saturated heterocycles. The number of ether oxygens (including phenoxy) is 2. The van der Waals surface area contributed by atoms with E-state index in [9.17, 15) is 25.5 Å². The van der Waals surface area contributed by atoms with Crippen LogP contribution in [0, 0.1) is 5.41 Å². The van der Waals surface area contributed by atoms with Gasteiger partial charge in [-0.25, -0.2) is 0 Å². The molecule has 1 heterocycles. The van der Waals surface area contributed by atoms with Crippen molar-refractivity contribution in [3.63, 3.8) is 0 Å². The SMILES string of the molecule is CC(=C/CO)/C=C/[C@@]1(O)C(C)(C)CCC[C@@]1(C)O[C@@H]1O[C@H](CO)[C@@H](O)[C@H](O)[C@H]1O. The molecule has 2 rings (SSSR count). The van der Waals surface area contributed by atoms with E-state index in [4.69, 9.17) is 14.6 Å². The third kappa shape index (κ3) is 4.60. The number of hydrogen-bond acceptors (Lipinski definition) is 8. The summed E-state index contributed by atoms with van der Waals surface area (Å²) in [6, 6.07) is 0. The van der Waals surface area contributed by atoms with E-state index in [0.29, 0.717) is 6.42 Å². The van der Waals surface area contributed by atoms with Gasteiger partial charge in [0.1, 0.15) is 35.6 Å². The lowest BCUT2D eigenvalue weighted by Crippen LogP contribution is -2.67. The maximum atomic E-state index is 11.8. The predicted molar refractivity (Wildman–Crippen MR) is 106 cm³/mol. The Hall–Kier alpha value is -0.840. The Balaban J connectivity index is 2.37. The first-order valence-electron chi connectivity index (χ1n) is 10.1. The molecule has 0 aromatic rings. The molecule has 0 aromatic carbocycles. The van der Waals surface area contributed by atoms with Gasteiger partial charge in [0, 0.05) is 0 Å². The van der Waals surface area contributed by atoms with Gasteiger partial charge in [0.15, 0.2) is 6.29 Å². The zero-order valence-corrected chi connectivity index (χ0v) is 17.7. The van der Waals surface area contributed by atoms with E-state index in [2.05, 4.69) is 0 Å². The molecule has 6 N–H and O–H groups in total. The van der Waals surface area contributed by atoms with Crippen LogP contribution >= 0.6 is 0 Å². The zero-order valence-electron chi connectivity index (χ0n) is 17.7. The number of allylic oxidation sites excluding steroid dienone is 2. The number of hydrogen-bond donors (Lipinski definition) is 6. The fourth-order valence-electron chi connectivity index (χ4n) is 4.40. The Morgan fingerprint density at radius 2 is 1.72 bits per heavy atom. The molecule has 0 amide bonds. The highest BCUT2D eigenvalue weighted by molar-refractivity contribution is 5.26. The number of rotatable bonds is 6. The Kier molecular flexibility index (Phi) is 7.68. The van der Waals surface area contributed by atoms with Gasteiger partial charge in [0.05, 0.1) is 13.2 Å². The quantitative estimate of drug-likeness (QED) is 0.333. The van der Waals surface area contributed by atoms with Crippen LogP contribution in [-0.4, -0.2) is 85.8 Å². The highest BCUT2D eigenvalue weighted by atomic mass is 16.7. The normalized spacial score (nSPS) is 43.7. The summed E-state index contributed by atoms with van der Waals surface area (Å²) < 4.78 is 11.6. The van der Waals surface area contributed by atoms with Crippen molar-refractivity contribution < 1.29 is 40.1 Å². The molecular formula is C21H36O8. The van der Waals surface area contributed by atoms with Crippen molar-refractivity contribution in [1.29, 1.82) is 0 Å². The Labute approximate surface area is 172 Å². The van der Waals surface area contributed by atoms with E-state index >= 15 is 0 Å². The monoisotopic (exact) mass is 416 g/mol. The minimum atomic E-state index is -1.55. The van der Waals surface area contributed by atoms with E-state index in [1.807, 2.05) is 20.8 Å². The van der Waals surface area contributed by atoms with Crippen LogP contribution in [0.2, 0.25) is 0 Å². The maximum absolute atomic E-state index is 11.8. The van der Waals surface area contributed by atoms with Crippen molar-refractivity contribution in [3.05, 3.63) is 23.8 Å². The third-order valence-electron chi connectivity index (χ3n) is 6.52. The molecule has 0 radical (unpaired) electrons. The Morgan fingerprint density at radius 3 is 2.31 bits per heavy atom. The minimum Gasteiger partial charge on any atom is -0.394 e. The largest absolute Gasteiger partial charge is 0.394 e. The van der Waals surface area contributed by atoms with Crippen LogP contribution in [0.1, 0.15) is 47.0 Å². The topological polar surface area (TPSA) is 140 Å². The van der Waals surface area contributed by atoms with E-state index < -0.39 is 53.9 Å². The van der Waals surface area contributed by atoms with Crippen LogP contribution in [0.4, 0.5) is 0 Å². The van der Waals surface area contributed by atoms with E-state index in [1.54, 1.807) is 25.2 Å². The molecule has 7 atom stereocenters. The van der Waals surface area contributed by atoms with Crippen molar-refractivity contribution in [3.8, 4) is 0 Å². The average Bonchev–Trinajstić information content (AvgIpc) is 2.65. The van der Waals surface area contributed by atoms with Crippen LogP contribution in [0.3, 0.4) is 0 Å². The van der Waals surface area contributed by atoms with Crippen molar-refractivity contribution in [1.82, 2.24) is 0 Å². The summed E-state index contributed by atoms with van der Waals surface area (Å²) in [6.07, 6.45) is -0.0299. The average molecular weight is 417 g/mol. The van der Waals surface area contributed by atoms with E-state index in [-0.39, 0.29) is 6.61 Å². The Bertz CT molecular complexity index is 616. The van der Waals surface area contributed by atoms with Crippen molar-refractivity contribution >= 4 is 0 Å². The number of aliphatic hydroxyl groups excluding tert-OH is 5. The molecule has 0 bridgehead atoms. The standard InChI is InChI=1S/C21H36O8/c1-13(7-11-22)6-10-21(27)19(2,3)8-5-9-20(21,4)29-18-17(26)16(25)15(24)14(12-23)28-18/h6-7,10,14-18,22-27H,5,8-9,11-12H2,1-4H3/b10-6+,13-7-/t14-,15-,16+,17-,18+,20-,21-/m1/s1. The lowest BCUT2D eigenvalue weighted by molar-refractivity contribution is -0.352. The molecule has 1 aliphatic carbocycles. The van der Waals surface area contributed by atoms with Gasteiger partial charge in [0.25, 0.3) is 0 Å². The second kappa shape index (κ2) is 9.11. The second-order valence-corrected chi connectivity index (χ2v) is 9.01. The van der Waals surface area contributed by atoms with Gasteiger partial charge in [-0.05, 0) is 44.6 Å². The highest BCUT2D eigenvalue weighted by Crippen LogP contribution is 2.52. The lowest BCUT2D eigenvalue weighted by atomic mass is 9.58. The van der Waals surface area contributed by atoms with Crippen LogP contribution in [0.25, 0.3) is 0 Å². The van der Waals surface area contributed by atoms with E-state index in [1.165, 1.54) is 0 Å². The molecule has 1 saturated carbocycles. The predicted octanol–water partition coefficient (Wildman–Crippen LogP) is -0.00240. The molecule has 1 aliphatic heterocycles. The molecule has 168 valence electrons. The molecule has 0 spiro atoms. The maximum Gasteiger partial charge on any atom is 0.187 e. The minimum absolute atomic E-state index is 0.114. The highest BCUT2D eigenvalue weighted by Gasteiger charge is 2.60. The van der Waals surface area contributed by atoms with E-state index in [0.717, 1.165) is 18.4 Å². The molecule has 2 aliphatic rings. The van der Waals surface area contributed by atoms with Gasteiger partial charge < -0.3 is 40.1 Å². The molecular weight excluding hydrogens is 380 g/mol. The molecule has 0 aromatic heterocycles. The zero-order chi connectivity index (χ0) is 22.0. The molecule has 2 fully saturated rings. The van der Waals surface area contributed by atoms with Gasteiger partial charge in [-0.1, -0.05) is 31.6 Å². The van der Waals surface area contributed by atoms with Crippen LogP contribution in [0.15, 0.2) is 23.8 Å². The summed E-state index contributed by atoms with van der Waals surface area (Å²) in [5.41, 5.74) is -2.44. The first-order chi connectivity index (χ1) is 13.4. The van der Waals surface area contributed by atoms with Crippen molar-refractivity contribution in [2.45, 2.75) is 88.9 Å². The summed E-state index contributed by atoms with van der Waals surface area (Å²) in [5.74, 6) is 0. The lowest BCUT2D eigenvalue weighted by Gasteiger charge is -2.57. The van der Waals surface area contributed by atoms with Crippen molar-refractivity contribution in [2.75, 3.05) is 13.2 Å². The molecule has 8 heteroatoms. The van der Waals surface area contributed by atoms with Crippen LogP contribution in [-0.2, 0) is 9.47 Å². The summed E-state index contributed by atoms with van der Waals surface area (Å²) in [7, 11) is 0. The molecule has 0 unspecified atom stereocenters. The summed E-state index contributed by atoms with van der Waals surface area (Å²) >= 11 is 0. The van der Waals surface area contributed by atoms with Crippen LogP contribution < -0.4 is 0 Å². The smallest absolute Gasteiger partial charge is 0.187 e. The van der Waals surface area contributed by atoms with Gasteiger partial charge in [-0.2, -0.15) is 0 Å². The molecule has 8 nitrogen and oxygen atoms in total. The van der Waals surface area contributed by atoms with Gasteiger partial charge in [-0.3, -0.25) is 0 Å². The second-order valence-electron chi connectivity index (χ2n) is 9.01. The third-order valence-corrected chi connectivity index (χ3v) is 6.52. The summed E-state index contributed by atoms with van der Waals surface area (Å²) in [4.78, 5) is 0. The first-order valence-corrected chi connectivity index (χ1v) is 10.1. The van der Waals surface area contributed by atoms with Gasteiger partial charge in [0.2, 0.25) is 0 Å². The summed E-state index contributed by atoms with van der Waals surface area (Å²) in [5, 5.41) is 60.7.